The molecule has 1 fully saturated rings. The van der Waals surface area contributed by atoms with E-state index in [1.807, 2.05) is 36.4 Å². The van der Waals surface area contributed by atoms with Crippen LogP contribution in [0.2, 0.25) is 5.02 Å². The van der Waals surface area contributed by atoms with Crippen molar-refractivity contribution < 1.29 is 9.47 Å². The number of aromatic nitrogens is 2. The summed E-state index contributed by atoms with van der Waals surface area (Å²) >= 11 is 6.21. The van der Waals surface area contributed by atoms with Gasteiger partial charge in [0.2, 0.25) is 0 Å². The quantitative estimate of drug-likeness (QED) is 0.576. The molecule has 0 amide bonds. The van der Waals surface area contributed by atoms with Gasteiger partial charge in [-0.25, -0.2) is 9.97 Å². The number of hydrogen-bond acceptors (Lipinski definition) is 6. The summed E-state index contributed by atoms with van der Waals surface area (Å²) in [6, 6.07) is 15.8. The molecule has 0 saturated heterocycles. The van der Waals surface area contributed by atoms with Gasteiger partial charge < -0.3 is 20.1 Å². The number of anilines is 3. The third-order valence-corrected chi connectivity index (χ3v) is 4.72. The minimum atomic E-state index is 0.480. The van der Waals surface area contributed by atoms with E-state index in [0.29, 0.717) is 39.9 Å². The number of nitrogens with zero attached hydrogens (tertiary/aromatic N) is 2. The van der Waals surface area contributed by atoms with Gasteiger partial charge in [-0.2, -0.15) is 0 Å². The first kappa shape index (κ1) is 18.4. The molecule has 7 heteroatoms. The zero-order valence-corrected chi connectivity index (χ0v) is 16.5. The van der Waals surface area contributed by atoms with Gasteiger partial charge in [0, 0.05) is 29.8 Å². The minimum Gasteiger partial charge on any atom is -0.495 e. The van der Waals surface area contributed by atoms with E-state index in [-0.39, 0.29) is 0 Å². The van der Waals surface area contributed by atoms with E-state index in [0.717, 1.165) is 24.2 Å². The molecule has 1 aliphatic rings. The van der Waals surface area contributed by atoms with E-state index >= 15 is 0 Å². The van der Waals surface area contributed by atoms with E-state index in [1.165, 1.54) is 0 Å². The van der Waals surface area contributed by atoms with Crippen LogP contribution in [-0.4, -0.2) is 30.2 Å². The molecule has 2 aromatic carbocycles. The van der Waals surface area contributed by atoms with Crippen molar-refractivity contribution in [3.63, 3.8) is 0 Å². The van der Waals surface area contributed by atoms with Crippen molar-refractivity contribution >= 4 is 28.9 Å². The highest BCUT2D eigenvalue weighted by molar-refractivity contribution is 6.32. The fraction of sp³-hybridized carbons (Fsp3) is 0.238. The molecule has 0 atom stereocenters. The van der Waals surface area contributed by atoms with Crippen LogP contribution in [0.1, 0.15) is 12.8 Å². The maximum atomic E-state index is 6.21. The first-order valence-corrected chi connectivity index (χ1v) is 9.43. The predicted octanol–water partition coefficient (Wildman–Crippen LogP) is 5.13. The van der Waals surface area contributed by atoms with Gasteiger partial charge in [0.1, 0.15) is 23.1 Å². The second-order valence-corrected chi connectivity index (χ2v) is 6.97. The maximum absolute atomic E-state index is 6.21. The lowest BCUT2D eigenvalue weighted by Gasteiger charge is -2.15. The number of ether oxygens (including phenoxy) is 2. The van der Waals surface area contributed by atoms with Crippen LogP contribution >= 0.6 is 11.6 Å². The molecule has 2 N–H and O–H groups in total. The molecule has 144 valence electrons. The van der Waals surface area contributed by atoms with Gasteiger partial charge in [-0.15, -0.1) is 0 Å². The number of nitrogens with one attached hydrogen (secondary N) is 2. The SMILES string of the molecule is COc1cc(Nc2cc(NC3CC3)nc(-c3ccccc3)n2)c(OC)cc1Cl. The highest BCUT2D eigenvalue weighted by Crippen LogP contribution is 2.37. The lowest BCUT2D eigenvalue weighted by atomic mass is 10.2. The molecule has 1 heterocycles. The summed E-state index contributed by atoms with van der Waals surface area (Å²) in [6.07, 6.45) is 2.32. The Hall–Kier alpha value is -2.99. The third kappa shape index (κ3) is 4.12. The molecule has 0 bridgehead atoms. The maximum Gasteiger partial charge on any atom is 0.163 e. The first-order valence-electron chi connectivity index (χ1n) is 9.06. The number of halogens is 1. The average molecular weight is 397 g/mol. The second-order valence-electron chi connectivity index (χ2n) is 6.56. The smallest absolute Gasteiger partial charge is 0.163 e. The normalized spacial score (nSPS) is 13.1. The highest BCUT2D eigenvalue weighted by atomic mass is 35.5. The summed E-state index contributed by atoms with van der Waals surface area (Å²) in [5.41, 5.74) is 1.66. The monoisotopic (exact) mass is 396 g/mol. The van der Waals surface area contributed by atoms with Crippen LogP contribution in [-0.2, 0) is 0 Å². The standard InChI is InChI=1S/C21H21ClN4O2/c1-27-17-11-16(18(28-2)10-15(17)22)24-20-12-19(23-14-8-9-14)25-21(26-20)13-6-4-3-5-7-13/h3-7,10-12,14H,8-9H2,1-2H3,(H2,23,24,25,26). The van der Waals surface area contributed by atoms with Gasteiger partial charge in [0.05, 0.1) is 24.9 Å². The van der Waals surface area contributed by atoms with Gasteiger partial charge >= 0.3 is 0 Å². The van der Waals surface area contributed by atoms with Crippen molar-refractivity contribution in [2.24, 2.45) is 0 Å². The van der Waals surface area contributed by atoms with E-state index in [4.69, 9.17) is 21.1 Å². The van der Waals surface area contributed by atoms with Crippen LogP contribution in [0.3, 0.4) is 0 Å². The molecule has 28 heavy (non-hydrogen) atoms. The molecule has 1 saturated carbocycles. The molecule has 1 aliphatic carbocycles. The predicted molar refractivity (Wildman–Crippen MR) is 112 cm³/mol. The summed E-state index contributed by atoms with van der Waals surface area (Å²) in [6.45, 7) is 0. The van der Waals surface area contributed by atoms with Gasteiger partial charge in [0.15, 0.2) is 5.82 Å². The van der Waals surface area contributed by atoms with Crippen molar-refractivity contribution in [3.8, 4) is 22.9 Å². The van der Waals surface area contributed by atoms with Crippen LogP contribution in [0.5, 0.6) is 11.5 Å². The van der Waals surface area contributed by atoms with Crippen LogP contribution in [0.25, 0.3) is 11.4 Å². The van der Waals surface area contributed by atoms with Crippen LogP contribution < -0.4 is 20.1 Å². The van der Waals surface area contributed by atoms with Crippen molar-refractivity contribution in [1.29, 1.82) is 0 Å². The molecule has 0 radical (unpaired) electrons. The third-order valence-electron chi connectivity index (χ3n) is 4.42. The Labute approximate surface area is 168 Å². The number of methoxy groups -OCH3 is 2. The van der Waals surface area contributed by atoms with Gasteiger partial charge in [-0.3, -0.25) is 0 Å². The Kier molecular flexibility index (Phi) is 5.21. The highest BCUT2D eigenvalue weighted by Gasteiger charge is 2.22. The lowest BCUT2D eigenvalue weighted by Crippen LogP contribution is -2.07. The summed E-state index contributed by atoms with van der Waals surface area (Å²) in [7, 11) is 3.17. The van der Waals surface area contributed by atoms with Crippen molar-refractivity contribution in [2.45, 2.75) is 18.9 Å². The summed E-state index contributed by atoms with van der Waals surface area (Å²) in [5.74, 6) is 3.24. The molecule has 6 nitrogen and oxygen atoms in total. The Morgan fingerprint density at radius 2 is 1.64 bits per heavy atom. The largest absolute Gasteiger partial charge is 0.495 e. The van der Waals surface area contributed by atoms with Crippen molar-refractivity contribution in [1.82, 2.24) is 9.97 Å². The fourth-order valence-electron chi connectivity index (χ4n) is 2.83. The average Bonchev–Trinajstić information content (AvgIpc) is 3.53. The van der Waals surface area contributed by atoms with Crippen molar-refractivity contribution in [2.75, 3.05) is 24.9 Å². The Morgan fingerprint density at radius 1 is 0.929 bits per heavy atom. The Morgan fingerprint density at radius 3 is 2.32 bits per heavy atom. The Bertz CT molecular complexity index is 978. The van der Waals surface area contributed by atoms with Crippen molar-refractivity contribution in [3.05, 3.63) is 53.6 Å². The van der Waals surface area contributed by atoms with Gasteiger partial charge in [0.25, 0.3) is 0 Å². The molecule has 1 aromatic heterocycles. The topological polar surface area (TPSA) is 68.3 Å². The first-order chi connectivity index (χ1) is 13.7. The van der Waals surface area contributed by atoms with E-state index in [1.54, 1.807) is 26.4 Å². The number of benzene rings is 2. The van der Waals surface area contributed by atoms with E-state index in [9.17, 15) is 0 Å². The number of rotatable bonds is 7. The molecule has 3 aromatic rings. The van der Waals surface area contributed by atoms with Crippen LogP contribution in [0.15, 0.2) is 48.5 Å². The summed E-state index contributed by atoms with van der Waals surface area (Å²) in [4.78, 5) is 9.36. The number of hydrogen-bond donors (Lipinski definition) is 2. The van der Waals surface area contributed by atoms with E-state index < -0.39 is 0 Å². The summed E-state index contributed by atoms with van der Waals surface area (Å²) in [5, 5.41) is 7.24. The van der Waals surface area contributed by atoms with Crippen LogP contribution in [0, 0.1) is 0 Å². The zero-order valence-electron chi connectivity index (χ0n) is 15.7. The Balaban J connectivity index is 1.72. The molecular weight excluding hydrogens is 376 g/mol. The molecule has 0 unspecified atom stereocenters. The summed E-state index contributed by atoms with van der Waals surface area (Å²) < 4.78 is 10.8. The molecule has 0 aliphatic heterocycles. The molecular formula is C21H21ClN4O2. The molecule has 0 spiro atoms. The fourth-order valence-corrected chi connectivity index (χ4v) is 3.07. The van der Waals surface area contributed by atoms with E-state index in [2.05, 4.69) is 20.6 Å². The van der Waals surface area contributed by atoms with Gasteiger partial charge in [-0.05, 0) is 12.8 Å². The minimum absolute atomic E-state index is 0.480. The zero-order chi connectivity index (χ0) is 19.5. The molecule has 4 rings (SSSR count). The second kappa shape index (κ2) is 7.94. The van der Waals surface area contributed by atoms with Gasteiger partial charge in [-0.1, -0.05) is 41.9 Å². The van der Waals surface area contributed by atoms with Crippen LogP contribution in [0.4, 0.5) is 17.3 Å². The lowest BCUT2D eigenvalue weighted by molar-refractivity contribution is 0.405.